The molecule has 0 aliphatic heterocycles. The zero-order chi connectivity index (χ0) is 27.9. The van der Waals surface area contributed by atoms with Crippen molar-refractivity contribution < 1.29 is 26.3 Å². The molecule has 2 aromatic carbocycles. The Kier molecular flexibility index (Phi) is 6.54. The van der Waals surface area contributed by atoms with Crippen LogP contribution in [0.4, 0.5) is 24.8 Å². The highest BCUT2D eigenvalue weighted by atomic mass is 32.2. The van der Waals surface area contributed by atoms with E-state index in [2.05, 4.69) is 20.4 Å². The fourth-order valence-electron chi connectivity index (χ4n) is 3.99. The quantitative estimate of drug-likeness (QED) is 0.267. The highest BCUT2D eigenvalue weighted by Gasteiger charge is 2.31. The molecule has 5 aromatic rings. The van der Waals surface area contributed by atoms with Crippen molar-refractivity contribution in [2.24, 2.45) is 0 Å². The van der Waals surface area contributed by atoms with Crippen LogP contribution in [0, 0.1) is 0 Å². The minimum atomic E-state index is -4.56. The summed E-state index contributed by atoms with van der Waals surface area (Å²) >= 11 is 0. The van der Waals surface area contributed by atoms with E-state index in [1.54, 1.807) is 41.3 Å². The molecule has 0 aliphatic rings. The Balaban J connectivity index is 1.43. The first kappa shape index (κ1) is 26.2. The number of nitrogens with one attached hydrogen (secondary N) is 1. The Bertz CT molecular complexity index is 1760. The molecular formula is C26H23F3N6O3S. The van der Waals surface area contributed by atoms with E-state index < -0.39 is 21.8 Å². The van der Waals surface area contributed by atoms with Crippen LogP contribution < -0.4 is 10.1 Å². The van der Waals surface area contributed by atoms with E-state index in [-0.39, 0.29) is 10.9 Å². The first-order valence-corrected chi connectivity index (χ1v) is 13.2. The summed E-state index contributed by atoms with van der Waals surface area (Å²) in [5.41, 5.74) is 1.34. The summed E-state index contributed by atoms with van der Waals surface area (Å²) < 4.78 is 73.2. The number of hydrogen-bond acceptors (Lipinski definition) is 7. The van der Waals surface area contributed by atoms with Gasteiger partial charge in [0.05, 0.1) is 35.5 Å². The molecular weight excluding hydrogens is 533 g/mol. The van der Waals surface area contributed by atoms with Crippen molar-refractivity contribution in [1.82, 2.24) is 23.7 Å². The first-order valence-electron chi connectivity index (χ1n) is 11.7. The molecule has 0 aliphatic carbocycles. The van der Waals surface area contributed by atoms with Crippen molar-refractivity contribution in [3.8, 4) is 17.0 Å². The number of anilines is 2. The summed E-state index contributed by atoms with van der Waals surface area (Å²) in [5.74, 6) is 0.768. The zero-order valence-corrected chi connectivity index (χ0v) is 21.8. The lowest BCUT2D eigenvalue weighted by Crippen LogP contribution is -2.12. The number of nitrogens with zero attached hydrogens (tertiary/aromatic N) is 5. The van der Waals surface area contributed by atoms with Crippen LogP contribution in [-0.2, 0) is 16.2 Å². The number of hydrogen-bond donors (Lipinski definition) is 1. The van der Waals surface area contributed by atoms with Crippen molar-refractivity contribution in [1.29, 1.82) is 0 Å². The molecule has 0 saturated carbocycles. The Morgan fingerprint density at radius 2 is 1.77 bits per heavy atom. The molecule has 5 rings (SSSR count). The molecule has 3 aromatic heterocycles. The van der Waals surface area contributed by atoms with Gasteiger partial charge in [-0.25, -0.2) is 22.4 Å². The molecule has 3 heterocycles. The van der Waals surface area contributed by atoms with Crippen LogP contribution in [0.5, 0.6) is 5.75 Å². The van der Waals surface area contributed by atoms with E-state index in [0.717, 1.165) is 33.8 Å². The maximum absolute atomic E-state index is 13.1. The third-order valence-electron chi connectivity index (χ3n) is 6.03. The van der Waals surface area contributed by atoms with E-state index in [1.807, 2.05) is 20.0 Å². The average molecular weight is 557 g/mol. The molecule has 0 spiro atoms. The normalized spacial score (nSPS) is 12.3. The summed E-state index contributed by atoms with van der Waals surface area (Å²) in [6.07, 6.45) is 1.90. The zero-order valence-electron chi connectivity index (χ0n) is 21.0. The van der Waals surface area contributed by atoms with Gasteiger partial charge in [-0.05, 0) is 62.4 Å². The largest absolute Gasteiger partial charge is 0.493 e. The van der Waals surface area contributed by atoms with E-state index in [4.69, 9.17) is 4.74 Å². The van der Waals surface area contributed by atoms with Gasteiger partial charge in [-0.2, -0.15) is 18.3 Å². The first-order chi connectivity index (χ1) is 18.5. The number of ether oxygens (including phenoxy) is 1. The number of alkyl halides is 3. The van der Waals surface area contributed by atoms with Crippen molar-refractivity contribution in [3.63, 3.8) is 0 Å². The van der Waals surface area contributed by atoms with E-state index in [1.165, 1.54) is 13.3 Å². The van der Waals surface area contributed by atoms with Crippen LogP contribution in [0.25, 0.3) is 22.2 Å². The number of halogens is 3. The van der Waals surface area contributed by atoms with Gasteiger partial charge < -0.3 is 10.1 Å². The Morgan fingerprint density at radius 3 is 2.41 bits per heavy atom. The van der Waals surface area contributed by atoms with Crippen molar-refractivity contribution in [3.05, 3.63) is 78.9 Å². The van der Waals surface area contributed by atoms with Gasteiger partial charge in [0.1, 0.15) is 5.69 Å². The van der Waals surface area contributed by atoms with Crippen LogP contribution in [0.1, 0.15) is 25.5 Å². The van der Waals surface area contributed by atoms with Gasteiger partial charge in [-0.15, -0.1) is 0 Å². The van der Waals surface area contributed by atoms with Crippen molar-refractivity contribution in [2.45, 2.75) is 31.0 Å². The number of methoxy groups -OCH3 is 1. The van der Waals surface area contributed by atoms with Crippen molar-refractivity contribution >= 4 is 32.6 Å². The van der Waals surface area contributed by atoms with E-state index in [0.29, 0.717) is 34.0 Å². The van der Waals surface area contributed by atoms with Crippen LogP contribution in [0.15, 0.2) is 78.2 Å². The third kappa shape index (κ3) is 5.04. The minimum Gasteiger partial charge on any atom is -0.493 e. The second-order valence-electron chi connectivity index (χ2n) is 8.95. The van der Waals surface area contributed by atoms with Gasteiger partial charge in [0.15, 0.2) is 5.75 Å². The Hall–Kier alpha value is -4.39. The number of fused-ring (bicyclic) bond motifs is 1. The highest BCUT2D eigenvalue weighted by Crippen LogP contribution is 2.32. The fourth-order valence-corrected chi connectivity index (χ4v) is 5.35. The molecule has 0 unspecified atom stereocenters. The fraction of sp³-hybridized carbons (Fsp3) is 0.192. The van der Waals surface area contributed by atoms with Gasteiger partial charge >= 0.3 is 6.18 Å². The smallest absolute Gasteiger partial charge is 0.416 e. The van der Waals surface area contributed by atoms with Crippen LogP contribution in [-0.4, -0.2) is 39.2 Å². The second kappa shape index (κ2) is 9.73. The summed E-state index contributed by atoms with van der Waals surface area (Å²) in [6, 6.07) is 10.1. The summed E-state index contributed by atoms with van der Waals surface area (Å²) in [4.78, 5) is 8.64. The minimum absolute atomic E-state index is 0.172. The maximum Gasteiger partial charge on any atom is 0.416 e. The van der Waals surface area contributed by atoms with Gasteiger partial charge in [-0.3, -0.25) is 4.68 Å². The molecule has 9 nitrogen and oxygen atoms in total. The molecule has 39 heavy (non-hydrogen) atoms. The van der Waals surface area contributed by atoms with Gasteiger partial charge in [0, 0.05) is 35.1 Å². The lowest BCUT2D eigenvalue weighted by molar-refractivity contribution is -0.137. The topological polar surface area (TPSA) is 104 Å². The molecule has 0 atom stereocenters. The number of rotatable bonds is 7. The average Bonchev–Trinajstić information content (AvgIpc) is 3.56. The lowest BCUT2D eigenvalue weighted by atomic mass is 10.2. The van der Waals surface area contributed by atoms with Crippen LogP contribution in [0.2, 0.25) is 0 Å². The maximum atomic E-state index is 13.1. The third-order valence-corrected chi connectivity index (χ3v) is 7.73. The molecule has 0 saturated heterocycles. The van der Waals surface area contributed by atoms with Gasteiger partial charge in [0.25, 0.3) is 10.0 Å². The summed E-state index contributed by atoms with van der Waals surface area (Å²) in [7, 11) is -2.59. The van der Waals surface area contributed by atoms with Gasteiger partial charge in [-0.1, -0.05) is 0 Å². The summed E-state index contributed by atoms with van der Waals surface area (Å²) in [6.45, 7) is 4.03. The van der Waals surface area contributed by atoms with Gasteiger partial charge in [0.2, 0.25) is 5.95 Å². The van der Waals surface area contributed by atoms with Crippen LogP contribution in [0.3, 0.4) is 0 Å². The molecule has 0 radical (unpaired) electrons. The Morgan fingerprint density at radius 1 is 1.03 bits per heavy atom. The molecule has 1 N–H and O–H groups in total. The monoisotopic (exact) mass is 556 g/mol. The molecule has 202 valence electrons. The summed E-state index contributed by atoms with van der Waals surface area (Å²) in [5, 5.41) is 8.06. The van der Waals surface area contributed by atoms with Crippen LogP contribution >= 0.6 is 0 Å². The predicted octanol–water partition coefficient (Wildman–Crippen LogP) is 5.88. The lowest BCUT2D eigenvalue weighted by Gasteiger charge is -2.11. The number of aromatic nitrogens is 5. The van der Waals surface area contributed by atoms with E-state index >= 15 is 0 Å². The van der Waals surface area contributed by atoms with Crippen molar-refractivity contribution in [2.75, 3.05) is 12.4 Å². The molecule has 0 fully saturated rings. The number of benzene rings is 2. The standard InChI is InChI=1S/C26H23F3N6O3S/c1-16(2)34-15-18(13-31-34)24-23(38-3)14-30-25(33-24)32-20-6-9-22-17(12-20)10-11-35(22)39(36,37)21-7-4-19(5-8-21)26(27,28)29/h4-16H,1-3H3,(H,30,32,33). The predicted molar refractivity (Wildman–Crippen MR) is 139 cm³/mol. The molecule has 0 bridgehead atoms. The van der Waals surface area contributed by atoms with E-state index in [9.17, 15) is 21.6 Å². The second-order valence-corrected chi connectivity index (χ2v) is 10.8. The Labute approximate surface area is 221 Å². The highest BCUT2D eigenvalue weighted by molar-refractivity contribution is 7.90. The SMILES string of the molecule is COc1cnc(Nc2ccc3c(ccn3S(=O)(=O)c3ccc(C(F)(F)F)cc3)c2)nc1-c1cnn(C(C)C)c1. The molecule has 13 heteroatoms. The molecule has 0 amide bonds.